The number of hydrogen-bond acceptors (Lipinski definition) is 4. The molecule has 0 radical (unpaired) electrons. The van der Waals surface area contributed by atoms with Crippen LogP contribution in [0.25, 0.3) is 0 Å². The van der Waals surface area contributed by atoms with E-state index < -0.39 is 16.0 Å². The number of carbonyl (C=O) groups is 2. The zero-order valence-corrected chi connectivity index (χ0v) is 15.7. The van der Waals surface area contributed by atoms with Crippen molar-refractivity contribution in [1.29, 1.82) is 0 Å². The van der Waals surface area contributed by atoms with Gasteiger partial charge in [-0.1, -0.05) is 19.9 Å². The Labute approximate surface area is 149 Å². The molecule has 0 saturated carbocycles. The molecule has 1 amide bonds. The topological polar surface area (TPSA) is 104 Å². The Balaban J connectivity index is 2.84. The number of carboxylic acid groups (broad SMARTS) is 1. The molecule has 0 fully saturated rings. The minimum Gasteiger partial charge on any atom is -0.481 e. The van der Waals surface area contributed by atoms with Crippen LogP contribution in [0.4, 0.5) is 5.69 Å². The summed E-state index contributed by atoms with van der Waals surface area (Å²) in [5.41, 5.74) is 1.03. The van der Waals surface area contributed by atoms with Crippen LogP contribution < -0.4 is 5.32 Å². The van der Waals surface area contributed by atoms with Gasteiger partial charge in [-0.2, -0.15) is 4.31 Å². The van der Waals surface area contributed by atoms with E-state index in [-0.39, 0.29) is 23.6 Å². The van der Waals surface area contributed by atoms with Gasteiger partial charge in [0.1, 0.15) is 0 Å². The molecule has 0 spiro atoms. The van der Waals surface area contributed by atoms with Crippen molar-refractivity contribution in [2.75, 3.05) is 18.4 Å². The van der Waals surface area contributed by atoms with Crippen molar-refractivity contribution in [3.8, 4) is 0 Å². The van der Waals surface area contributed by atoms with Crippen molar-refractivity contribution < 1.29 is 23.1 Å². The molecule has 0 aliphatic heterocycles. The van der Waals surface area contributed by atoms with Crippen LogP contribution in [0.5, 0.6) is 0 Å². The molecular formula is C17H26N2O5S. The van der Waals surface area contributed by atoms with Crippen LogP contribution in [0.2, 0.25) is 0 Å². The van der Waals surface area contributed by atoms with E-state index in [1.165, 1.54) is 10.4 Å². The molecule has 0 saturated heterocycles. The molecule has 0 heterocycles. The number of nitrogens with zero attached hydrogens (tertiary/aromatic N) is 1. The number of aliphatic carboxylic acids is 1. The molecule has 0 atom stereocenters. The first-order valence-corrected chi connectivity index (χ1v) is 9.78. The van der Waals surface area contributed by atoms with Crippen LogP contribution in [-0.4, -0.2) is 42.8 Å². The Kier molecular flexibility index (Phi) is 8.05. The van der Waals surface area contributed by atoms with Gasteiger partial charge in [-0.25, -0.2) is 8.42 Å². The van der Waals surface area contributed by atoms with E-state index in [9.17, 15) is 18.0 Å². The van der Waals surface area contributed by atoms with E-state index in [0.717, 1.165) is 0 Å². The van der Waals surface area contributed by atoms with Gasteiger partial charge < -0.3 is 10.4 Å². The Morgan fingerprint density at radius 3 is 2.28 bits per heavy atom. The van der Waals surface area contributed by atoms with E-state index in [1.54, 1.807) is 32.9 Å². The number of carboxylic acids is 1. The van der Waals surface area contributed by atoms with Crippen LogP contribution in [0.15, 0.2) is 23.1 Å². The third-order valence-corrected chi connectivity index (χ3v) is 6.03. The summed E-state index contributed by atoms with van der Waals surface area (Å²) in [6, 6.07) is 4.79. The number of anilines is 1. The molecule has 2 N–H and O–H groups in total. The van der Waals surface area contributed by atoms with Gasteiger partial charge in [-0.15, -0.1) is 0 Å². The van der Waals surface area contributed by atoms with Gasteiger partial charge in [-0.05, 0) is 37.5 Å². The fourth-order valence-corrected chi connectivity index (χ4v) is 4.15. The lowest BCUT2D eigenvalue weighted by Crippen LogP contribution is -2.31. The number of nitrogens with one attached hydrogen (secondary N) is 1. The summed E-state index contributed by atoms with van der Waals surface area (Å²) in [6.45, 7) is 6.02. The number of carbonyl (C=O) groups excluding carboxylic acids is 1. The fourth-order valence-electron chi connectivity index (χ4n) is 2.44. The number of hydrogen-bond donors (Lipinski definition) is 2. The molecule has 0 aliphatic carbocycles. The summed E-state index contributed by atoms with van der Waals surface area (Å²) in [4.78, 5) is 22.6. The monoisotopic (exact) mass is 370 g/mol. The zero-order valence-electron chi connectivity index (χ0n) is 14.9. The van der Waals surface area contributed by atoms with Gasteiger partial charge in [0.2, 0.25) is 15.9 Å². The number of aryl methyl sites for hydroxylation is 1. The van der Waals surface area contributed by atoms with Gasteiger partial charge in [-0.3, -0.25) is 9.59 Å². The zero-order chi connectivity index (χ0) is 19.0. The molecule has 140 valence electrons. The summed E-state index contributed by atoms with van der Waals surface area (Å²) >= 11 is 0. The second kappa shape index (κ2) is 9.53. The summed E-state index contributed by atoms with van der Waals surface area (Å²) in [7, 11) is -3.60. The highest BCUT2D eigenvalue weighted by Crippen LogP contribution is 2.23. The number of rotatable bonds is 10. The van der Waals surface area contributed by atoms with Gasteiger partial charge in [0.25, 0.3) is 0 Å². The van der Waals surface area contributed by atoms with E-state index in [1.807, 2.05) is 0 Å². The first kappa shape index (κ1) is 21.1. The number of unbranched alkanes of at least 4 members (excludes halogenated alkanes) is 1. The molecule has 0 aromatic heterocycles. The van der Waals surface area contributed by atoms with Crippen LogP contribution in [0.3, 0.4) is 0 Å². The largest absolute Gasteiger partial charge is 0.481 e. The van der Waals surface area contributed by atoms with Crippen LogP contribution in [-0.2, 0) is 19.6 Å². The summed E-state index contributed by atoms with van der Waals surface area (Å²) < 4.78 is 26.7. The van der Waals surface area contributed by atoms with Crippen molar-refractivity contribution in [2.45, 2.75) is 51.3 Å². The Hall–Kier alpha value is -1.93. The van der Waals surface area contributed by atoms with Gasteiger partial charge in [0.05, 0.1) is 4.90 Å². The average Bonchev–Trinajstić information content (AvgIpc) is 2.54. The highest BCUT2D eigenvalue weighted by molar-refractivity contribution is 7.89. The lowest BCUT2D eigenvalue weighted by molar-refractivity contribution is -0.137. The Bertz CT molecular complexity index is 712. The summed E-state index contributed by atoms with van der Waals surface area (Å²) in [5.74, 6) is -1.15. The van der Waals surface area contributed by atoms with E-state index in [4.69, 9.17) is 5.11 Å². The molecule has 8 heteroatoms. The van der Waals surface area contributed by atoms with Crippen molar-refractivity contribution in [1.82, 2.24) is 4.31 Å². The van der Waals surface area contributed by atoms with Crippen LogP contribution >= 0.6 is 0 Å². The second-order valence-corrected chi connectivity index (χ2v) is 7.62. The van der Waals surface area contributed by atoms with Crippen molar-refractivity contribution in [2.24, 2.45) is 0 Å². The number of benzene rings is 1. The second-order valence-electron chi connectivity index (χ2n) is 5.72. The van der Waals surface area contributed by atoms with Gasteiger partial charge in [0, 0.05) is 31.6 Å². The maximum Gasteiger partial charge on any atom is 0.303 e. The molecule has 0 unspecified atom stereocenters. The molecule has 1 rings (SSSR count). The lowest BCUT2D eigenvalue weighted by atomic mass is 10.2. The van der Waals surface area contributed by atoms with E-state index >= 15 is 0 Å². The number of sulfonamides is 1. The minimum atomic E-state index is -3.60. The highest BCUT2D eigenvalue weighted by atomic mass is 32.2. The lowest BCUT2D eigenvalue weighted by Gasteiger charge is -2.20. The van der Waals surface area contributed by atoms with Crippen LogP contribution in [0.1, 0.15) is 45.1 Å². The summed E-state index contributed by atoms with van der Waals surface area (Å²) in [5, 5.41) is 11.2. The maximum atomic E-state index is 12.7. The van der Waals surface area contributed by atoms with E-state index in [2.05, 4.69) is 5.32 Å². The SMILES string of the molecule is CCN(CC)S(=O)(=O)c1cc(NC(=O)CCCCC(=O)O)ccc1C. The Morgan fingerprint density at radius 2 is 1.72 bits per heavy atom. The molecule has 1 aromatic rings. The fraction of sp³-hybridized carbons (Fsp3) is 0.529. The average molecular weight is 370 g/mol. The van der Waals surface area contributed by atoms with E-state index in [0.29, 0.717) is 37.2 Å². The third kappa shape index (κ3) is 6.13. The summed E-state index contributed by atoms with van der Waals surface area (Å²) in [6.07, 6.45) is 1.12. The quantitative estimate of drug-likeness (QED) is 0.616. The van der Waals surface area contributed by atoms with Gasteiger partial charge >= 0.3 is 5.97 Å². The standard InChI is InChI=1S/C17H26N2O5S/c1-4-19(5-2)25(23,24)15-12-14(11-10-13(15)3)18-16(20)8-6-7-9-17(21)22/h10-12H,4-9H2,1-3H3,(H,18,20)(H,21,22). The normalized spacial score (nSPS) is 11.5. The number of amides is 1. The molecule has 25 heavy (non-hydrogen) atoms. The van der Waals surface area contributed by atoms with Crippen LogP contribution in [0, 0.1) is 6.92 Å². The maximum absolute atomic E-state index is 12.7. The first-order valence-electron chi connectivity index (χ1n) is 8.34. The molecule has 0 bridgehead atoms. The van der Waals surface area contributed by atoms with Gasteiger partial charge in [0.15, 0.2) is 0 Å². The third-order valence-electron chi connectivity index (χ3n) is 3.84. The first-order chi connectivity index (χ1) is 11.7. The van der Waals surface area contributed by atoms with Crippen molar-refractivity contribution in [3.63, 3.8) is 0 Å². The minimum absolute atomic E-state index is 0.0318. The molecule has 0 aliphatic rings. The smallest absolute Gasteiger partial charge is 0.303 e. The highest BCUT2D eigenvalue weighted by Gasteiger charge is 2.24. The predicted molar refractivity (Wildman–Crippen MR) is 96.0 cm³/mol. The van der Waals surface area contributed by atoms with Crippen molar-refractivity contribution >= 4 is 27.6 Å². The van der Waals surface area contributed by atoms with Crippen molar-refractivity contribution in [3.05, 3.63) is 23.8 Å². The predicted octanol–water partition coefficient (Wildman–Crippen LogP) is 2.61. The molecule has 7 nitrogen and oxygen atoms in total. The Morgan fingerprint density at radius 1 is 1.12 bits per heavy atom. The molecular weight excluding hydrogens is 344 g/mol. The molecule has 1 aromatic carbocycles.